The van der Waals surface area contributed by atoms with Gasteiger partial charge >= 0.3 is 0 Å². The molecule has 0 N–H and O–H groups in total. The standard InChI is InChI=1S/C8H12Cl2O2/c1-3-4-5-8(2,6(9)11)7(10)12/h3-5H2,1-2H3. The average molecular weight is 211 g/mol. The van der Waals surface area contributed by atoms with Gasteiger partial charge in [0.05, 0.1) is 0 Å². The Morgan fingerprint density at radius 3 is 1.92 bits per heavy atom. The maximum atomic E-state index is 10.9. The molecule has 0 aliphatic heterocycles. The fourth-order valence-corrected chi connectivity index (χ4v) is 1.21. The zero-order valence-corrected chi connectivity index (χ0v) is 8.71. The molecule has 0 unspecified atom stereocenters. The van der Waals surface area contributed by atoms with Crippen molar-refractivity contribution in [3.63, 3.8) is 0 Å². The summed E-state index contributed by atoms with van der Waals surface area (Å²) in [7, 11) is 0. The van der Waals surface area contributed by atoms with Gasteiger partial charge in [-0.2, -0.15) is 0 Å². The van der Waals surface area contributed by atoms with Crippen molar-refractivity contribution in [2.75, 3.05) is 0 Å². The van der Waals surface area contributed by atoms with Crippen LogP contribution in [0, 0.1) is 5.41 Å². The summed E-state index contributed by atoms with van der Waals surface area (Å²) < 4.78 is 0. The number of unbranched alkanes of at least 4 members (excludes halogenated alkanes) is 1. The summed E-state index contributed by atoms with van der Waals surface area (Å²) in [5.41, 5.74) is -1.20. The molecule has 0 aromatic carbocycles. The van der Waals surface area contributed by atoms with Crippen LogP contribution >= 0.6 is 23.2 Å². The molecule has 0 rings (SSSR count). The zero-order chi connectivity index (χ0) is 9.78. The molecule has 0 amide bonds. The van der Waals surface area contributed by atoms with Crippen molar-refractivity contribution in [3.8, 4) is 0 Å². The predicted molar refractivity (Wildman–Crippen MR) is 49.4 cm³/mol. The molecule has 12 heavy (non-hydrogen) atoms. The van der Waals surface area contributed by atoms with E-state index in [0.29, 0.717) is 6.42 Å². The summed E-state index contributed by atoms with van der Waals surface area (Å²) in [6.45, 7) is 3.45. The first-order valence-electron chi connectivity index (χ1n) is 3.85. The Bertz CT molecular complexity index is 175. The van der Waals surface area contributed by atoms with Gasteiger partial charge in [-0.3, -0.25) is 9.59 Å². The molecule has 2 nitrogen and oxygen atoms in total. The SMILES string of the molecule is CCCCC(C)(C(=O)Cl)C(=O)Cl. The highest BCUT2D eigenvalue weighted by Gasteiger charge is 2.37. The molecule has 0 spiro atoms. The van der Waals surface area contributed by atoms with E-state index in [0.717, 1.165) is 12.8 Å². The molecular weight excluding hydrogens is 199 g/mol. The van der Waals surface area contributed by atoms with Crippen molar-refractivity contribution in [3.05, 3.63) is 0 Å². The molecule has 0 aliphatic carbocycles. The number of hydrogen-bond acceptors (Lipinski definition) is 2. The van der Waals surface area contributed by atoms with Gasteiger partial charge in [-0.15, -0.1) is 0 Å². The minimum atomic E-state index is -1.20. The number of carbonyl (C=O) groups is 2. The minimum Gasteiger partial charge on any atom is -0.280 e. The van der Waals surface area contributed by atoms with Gasteiger partial charge in [0, 0.05) is 0 Å². The average Bonchev–Trinajstić information content (AvgIpc) is 1.99. The summed E-state index contributed by atoms with van der Waals surface area (Å²) >= 11 is 10.5. The Balaban J connectivity index is 4.40. The summed E-state index contributed by atoms with van der Waals surface area (Å²) in [5.74, 6) is 0. The molecular formula is C8H12Cl2O2. The molecule has 0 aliphatic rings. The lowest BCUT2D eigenvalue weighted by Crippen LogP contribution is -2.30. The summed E-state index contributed by atoms with van der Waals surface area (Å²) in [4.78, 5) is 21.7. The molecule has 0 saturated carbocycles. The van der Waals surface area contributed by atoms with E-state index in [2.05, 4.69) is 0 Å². The van der Waals surface area contributed by atoms with E-state index >= 15 is 0 Å². The van der Waals surface area contributed by atoms with Crippen molar-refractivity contribution in [2.45, 2.75) is 33.1 Å². The lowest BCUT2D eigenvalue weighted by atomic mass is 9.88. The van der Waals surface area contributed by atoms with Gasteiger partial charge in [-0.05, 0) is 36.5 Å². The summed E-state index contributed by atoms with van der Waals surface area (Å²) in [5, 5.41) is -1.34. The van der Waals surface area contributed by atoms with Crippen LogP contribution in [0.25, 0.3) is 0 Å². The van der Waals surface area contributed by atoms with E-state index in [1.165, 1.54) is 6.92 Å². The molecule has 0 radical (unpaired) electrons. The van der Waals surface area contributed by atoms with Crippen LogP contribution in [-0.4, -0.2) is 10.5 Å². The number of halogens is 2. The number of carbonyl (C=O) groups excluding carboxylic acids is 2. The second-order valence-corrected chi connectivity index (χ2v) is 3.67. The van der Waals surface area contributed by atoms with Gasteiger partial charge in [0.1, 0.15) is 5.41 Å². The van der Waals surface area contributed by atoms with E-state index in [1.54, 1.807) is 0 Å². The van der Waals surface area contributed by atoms with E-state index < -0.39 is 15.9 Å². The normalized spacial score (nSPS) is 11.3. The van der Waals surface area contributed by atoms with Gasteiger partial charge in [-0.25, -0.2) is 0 Å². The van der Waals surface area contributed by atoms with Crippen LogP contribution in [0.2, 0.25) is 0 Å². The highest BCUT2D eigenvalue weighted by molar-refractivity contribution is 6.74. The van der Waals surface area contributed by atoms with Crippen LogP contribution in [0.15, 0.2) is 0 Å². The maximum absolute atomic E-state index is 10.9. The van der Waals surface area contributed by atoms with Crippen LogP contribution < -0.4 is 0 Å². The second-order valence-electron chi connectivity index (χ2n) is 2.98. The first-order valence-corrected chi connectivity index (χ1v) is 4.60. The first kappa shape index (κ1) is 11.9. The molecule has 0 saturated heterocycles. The van der Waals surface area contributed by atoms with E-state index in [9.17, 15) is 9.59 Å². The lowest BCUT2D eigenvalue weighted by Gasteiger charge is -2.19. The number of hydrogen-bond donors (Lipinski definition) is 0. The molecule has 0 heterocycles. The Kier molecular flexibility index (Phi) is 4.80. The van der Waals surface area contributed by atoms with Crippen LogP contribution in [0.3, 0.4) is 0 Å². The molecule has 0 atom stereocenters. The second kappa shape index (κ2) is 4.83. The zero-order valence-electron chi connectivity index (χ0n) is 7.19. The smallest absolute Gasteiger partial charge is 0.236 e. The maximum Gasteiger partial charge on any atom is 0.236 e. The highest BCUT2D eigenvalue weighted by Crippen LogP contribution is 2.29. The predicted octanol–water partition coefficient (Wildman–Crippen LogP) is 2.71. The molecule has 70 valence electrons. The number of rotatable bonds is 5. The van der Waals surface area contributed by atoms with Gasteiger partial charge in [0.15, 0.2) is 0 Å². The Morgan fingerprint density at radius 2 is 1.67 bits per heavy atom. The van der Waals surface area contributed by atoms with Crippen molar-refractivity contribution >= 4 is 33.7 Å². The Labute approximate surface area is 82.2 Å². The molecule has 0 fully saturated rings. The molecule has 0 bridgehead atoms. The largest absolute Gasteiger partial charge is 0.280 e. The monoisotopic (exact) mass is 210 g/mol. The lowest BCUT2D eigenvalue weighted by molar-refractivity contribution is -0.130. The van der Waals surface area contributed by atoms with Crippen molar-refractivity contribution < 1.29 is 9.59 Å². The summed E-state index contributed by atoms with van der Waals surface area (Å²) in [6, 6.07) is 0. The molecule has 0 aromatic rings. The van der Waals surface area contributed by atoms with Gasteiger partial charge in [0.25, 0.3) is 0 Å². The van der Waals surface area contributed by atoms with Crippen LogP contribution in [0.4, 0.5) is 0 Å². The van der Waals surface area contributed by atoms with Crippen molar-refractivity contribution in [2.24, 2.45) is 5.41 Å². The van der Waals surface area contributed by atoms with E-state index in [4.69, 9.17) is 23.2 Å². The van der Waals surface area contributed by atoms with Crippen LogP contribution in [0.1, 0.15) is 33.1 Å². The van der Waals surface area contributed by atoms with E-state index in [1.807, 2.05) is 6.92 Å². The Morgan fingerprint density at radius 1 is 1.25 bits per heavy atom. The van der Waals surface area contributed by atoms with E-state index in [-0.39, 0.29) is 0 Å². The third kappa shape index (κ3) is 2.76. The van der Waals surface area contributed by atoms with Crippen LogP contribution in [0.5, 0.6) is 0 Å². The highest BCUT2D eigenvalue weighted by atomic mass is 35.5. The third-order valence-corrected chi connectivity index (χ3v) is 2.73. The topological polar surface area (TPSA) is 34.1 Å². The molecule has 0 aromatic heterocycles. The van der Waals surface area contributed by atoms with Gasteiger partial charge in [-0.1, -0.05) is 19.8 Å². The summed E-state index contributed by atoms with van der Waals surface area (Å²) in [6.07, 6.45) is 2.10. The fourth-order valence-electron chi connectivity index (χ4n) is 0.804. The Hall–Kier alpha value is -0.0800. The molecule has 4 heteroatoms. The van der Waals surface area contributed by atoms with Gasteiger partial charge in [0.2, 0.25) is 10.5 Å². The van der Waals surface area contributed by atoms with Crippen LogP contribution in [-0.2, 0) is 9.59 Å². The van der Waals surface area contributed by atoms with Gasteiger partial charge < -0.3 is 0 Å². The third-order valence-electron chi connectivity index (χ3n) is 1.90. The minimum absolute atomic E-state index is 0.425. The van der Waals surface area contributed by atoms with Crippen molar-refractivity contribution in [1.29, 1.82) is 0 Å². The fraction of sp³-hybridized carbons (Fsp3) is 0.750. The quantitative estimate of drug-likeness (QED) is 0.517. The first-order chi connectivity index (χ1) is 5.45. The van der Waals surface area contributed by atoms with Crippen molar-refractivity contribution in [1.82, 2.24) is 0 Å².